The molecule has 0 amide bonds. The molecule has 0 aliphatic heterocycles. The van der Waals surface area contributed by atoms with E-state index in [2.05, 4.69) is 17.4 Å². The standard InChI is InChI=1S/C16H27N3O2/c1-4-12-21-14-8-6-13(7-9-14)18-11-5-10-16(2,3)15(17)19-20/h6-9,18,20H,4-5,10-12H2,1-3H3,(H2,17,19). The van der Waals surface area contributed by atoms with Gasteiger partial charge in [0.1, 0.15) is 11.6 Å². The Morgan fingerprint density at radius 3 is 2.57 bits per heavy atom. The summed E-state index contributed by atoms with van der Waals surface area (Å²) in [5, 5.41) is 15.2. The monoisotopic (exact) mass is 293 g/mol. The number of ether oxygens (including phenoxy) is 1. The van der Waals surface area contributed by atoms with Crippen LogP contribution in [-0.4, -0.2) is 24.2 Å². The van der Waals surface area contributed by atoms with Crippen LogP contribution in [0.5, 0.6) is 5.75 Å². The van der Waals surface area contributed by atoms with Gasteiger partial charge < -0.3 is 21.0 Å². The van der Waals surface area contributed by atoms with Crippen LogP contribution in [0.2, 0.25) is 0 Å². The molecule has 0 aliphatic rings. The zero-order valence-corrected chi connectivity index (χ0v) is 13.2. The molecule has 0 aliphatic carbocycles. The SMILES string of the molecule is CCCOc1ccc(NCCCC(C)(C)C(N)=NO)cc1. The molecule has 0 radical (unpaired) electrons. The number of nitrogens with two attached hydrogens (primary N) is 1. The van der Waals surface area contributed by atoms with Crippen molar-refractivity contribution >= 4 is 11.5 Å². The van der Waals surface area contributed by atoms with Crippen molar-refractivity contribution in [3.05, 3.63) is 24.3 Å². The van der Waals surface area contributed by atoms with Crippen LogP contribution in [-0.2, 0) is 0 Å². The van der Waals surface area contributed by atoms with Gasteiger partial charge in [0.2, 0.25) is 0 Å². The van der Waals surface area contributed by atoms with Crippen molar-refractivity contribution < 1.29 is 9.94 Å². The number of hydrogen-bond donors (Lipinski definition) is 3. The van der Waals surface area contributed by atoms with Crippen molar-refractivity contribution in [3.8, 4) is 5.75 Å². The molecule has 1 aromatic carbocycles. The Kier molecular flexibility index (Phi) is 6.85. The molecule has 0 fully saturated rings. The normalized spacial score (nSPS) is 12.2. The highest BCUT2D eigenvalue weighted by Crippen LogP contribution is 2.22. The molecule has 0 unspecified atom stereocenters. The Balaban J connectivity index is 2.33. The van der Waals surface area contributed by atoms with Crippen molar-refractivity contribution in [2.45, 2.75) is 40.0 Å². The highest BCUT2D eigenvalue weighted by molar-refractivity contribution is 5.85. The number of oxime groups is 1. The first-order valence-corrected chi connectivity index (χ1v) is 7.44. The summed E-state index contributed by atoms with van der Waals surface area (Å²) >= 11 is 0. The molecule has 1 aromatic rings. The predicted molar refractivity (Wildman–Crippen MR) is 87.1 cm³/mol. The molecule has 5 nitrogen and oxygen atoms in total. The molecule has 0 heterocycles. The minimum atomic E-state index is -0.283. The second-order valence-corrected chi connectivity index (χ2v) is 5.77. The third-order valence-corrected chi connectivity index (χ3v) is 3.44. The number of amidine groups is 1. The minimum Gasteiger partial charge on any atom is -0.494 e. The van der Waals surface area contributed by atoms with Gasteiger partial charge in [-0.25, -0.2) is 0 Å². The molecule has 4 N–H and O–H groups in total. The van der Waals surface area contributed by atoms with Crippen molar-refractivity contribution in [1.82, 2.24) is 0 Å². The van der Waals surface area contributed by atoms with Crippen molar-refractivity contribution in [3.63, 3.8) is 0 Å². The largest absolute Gasteiger partial charge is 0.494 e. The Morgan fingerprint density at radius 2 is 2.00 bits per heavy atom. The molecule has 1 rings (SSSR count). The lowest BCUT2D eigenvalue weighted by Crippen LogP contribution is -2.32. The van der Waals surface area contributed by atoms with E-state index in [0.717, 1.165) is 43.9 Å². The smallest absolute Gasteiger partial charge is 0.144 e. The maximum absolute atomic E-state index is 8.73. The third kappa shape index (κ3) is 5.94. The second kappa shape index (κ2) is 8.39. The van der Waals surface area contributed by atoms with E-state index in [1.807, 2.05) is 38.1 Å². The highest BCUT2D eigenvalue weighted by atomic mass is 16.5. The van der Waals surface area contributed by atoms with E-state index in [0.29, 0.717) is 0 Å². The van der Waals surface area contributed by atoms with Gasteiger partial charge >= 0.3 is 0 Å². The summed E-state index contributed by atoms with van der Waals surface area (Å²) in [6.07, 6.45) is 2.81. The summed E-state index contributed by atoms with van der Waals surface area (Å²) < 4.78 is 5.54. The predicted octanol–water partition coefficient (Wildman–Crippen LogP) is 3.44. The number of benzene rings is 1. The Labute approximate surface area is 127 Å². The van der Waals surface area contributed by atoms with E-state index in [1.165, 1.54) is 0 Å². The number of rotatable bonds is 9. The molecule has 0 atom stereocenters. The molecular formula is C16H27N3O2. The Morgan fingerprint density at radius 1 is 1.33 bits per heavy atom. The van der Waals surface area contributed by atoms with Gasteiger partial charge in [-0.1, -0.05) is 25.9 Å². The molecule has 0 saturated carbocycles. The molecule has 0 aromatic heterocycles. The lowest BCUT2D eigenvalue weighted by Gasteiger charge is -2.22. The molecule has 5 heteroatoms. The van der Waals surface area contributed by atoms with Crippen LogP contribution in [0.4, 0.5) is 5.69 Å². The summed E-state index contributed by atoms with van der Waals surface area (Å²) in [6.45, 7) is 7.63. The van der Waals surface area contributed by atoms with Crippen LogP contribution in [0, 0.1) is 5.41 Å². The van der Waals surface area contributed by atoms with Crippen LogP contribution >= 0.6 is 0 Å². The quantitative estimate of drug-likeness (QED) is 0.214. The van der Waals surface area contributed by atoms with Crippen LogP contribution in [0.3, 0.4) is 0 Å². The number of anilines is 1. The average Bonchev–Trinajstić information content (AvgIpc) is 2.49. The Bertz CT molecular complexity index is 441. The van der Waals surface area contributed by atoms with E-state index in [4.69, 9.17) is 15.7 Å². The molecule has 0 spiro atoms. The minimum absolute atomic E-state index is 0.278. The molecule has 0 bridgehead atoms. The lowest BCUT2D eigenvalue weighted by atomic mass is 9.86. The topological polar surface area (TPSA) is 79.9 Å². The molecule has 118 valence electrons. The molecule has 21 heavy (non-hydrogen) atoms. The summed E-state index contributed by atoms with van der Waals surface area (Å²) in [4.78, 5) is 0. The van der Waals surface area contributed by atoms with E-state index < -0.39 is 0 Å². The fourth-order valence-corrected chi connectivity index (χ4v) is 1.92. The lowest BCUT2D eigenvalue weighted by molar-refractivity contribution is 0.305. The zero-order valence-electron chi connectivity index (χ0n) is 13.2. The average molecular weight is 293 g/mol. The van der Waals surface area contributed by atoms with Crippen LogP contribution in [0.1, 0.15) is 40.0 Å². The third-order valence-electron chi connectivity index (χ3n) is 3.44. The first-order valence-electron chi connectivity index (χ1n) is 7.44. The van der Waals surface area contributed by atoms with Gasteiger partial charge in [-0.05, 0) is 43.5 Å². The van der Waals surface area contributed by atoms with Crippen LogP contribution in [0.15, 0.2) is 29.4 Å². The van der Waals surface area contributed by atoms with Gasteiger partial charge in [0.15, 0.2) is 0 Å². The fraction of sp³-hybridized carbons (Fsp3) is 0.562. The summed E-state index contributed by atoms with van der Waals surface area (Å²) in [7, 11) is 0. The van der Waals surface area contributed by atoms with Gasteiger partial charge in [0.05, 0.1) is 6.61 Å². The van der Waals surface area contributed by atoms with Crippen molar-refractivity contribution in [1.29, 1.82) is 0 Å². The number of hydrogen-bond acceptors (Lipinski definition) is 4. The van der Waals surface area contributed by atoms with Crippen molar-refractivity contribution in [2.24, 2.45) is 16.3 Å². The molecule has 0 saturated heterocycles. The molecular weight excluding hydrogens is 266 g/mol. The summed E-state index contributed by atoms with van der Waals surface area (Å²) in [6, 6.07) is 7.97. The number of nitrogens with zero attached hydrogens (tertiary/aromatic N) is 1. The Hall–Kier alpha value is -1.91. The maximum Gasteiger partial charge on any atom is 0.144 e. The second-order valence-electron chi connectivity index (χ2n) is 5.77. The van der Waals surface area contributed by atoms with E-state index in [-0.39, 0.29) is 11.3 Å². The highest BCUT2D eigenvalue weighted by Gasteiger charge is 2.22. The van der Waals surface area contributed by atoms with Crippen LogP contribution < -0.4 is 15.8 Å². The maximum atomic E-state index is 8.73. The summed E-state index contributed by atoms with van der Waals surface area (Å²) in [5.41, 5.74) is 6.45. The van der Waals surface area contributed by atoms with Gasteiger partial charge in [0, 0.05) is 17.6 Å². The van der Waals surface area contributed by atoms with Gasteiger partial charge in [-0.2, -0.15) is 0 Å². The zero-order chi connectivity index (χ0) is 15.7. The van der Waals surface area contributed by atoms with Crippen molar-refractivity contribution in [2.75, 3.05) is 18.5 Å². The first-order chi connectivity index (χ1) is 9.99. The van der Waals surface area contributed by atoms with Gasteiger partial charge in [-0.15, -0.1) is 0 Å². The van der Waals surface area contributed by atoms with Gasteiger partial charge in [0.25, 0.3) is 0 Å². The fourth-order valence-electron chi connectivity index (χ4n) is 1.92. The van der Waals surface area contributed by atoms with Gasteiger partial charge in [-0.3, -0.25) is 0 Å². The van der Waals surface area contributed by atoms with Crippen LogP contribution in [0.25, 0.3) is 0 Å². The van der Waals surface area contributed by atoms with E-state index in [9.17, 15) is 0 Å². The number of nitrogens with one attached hydrogen (secondary N) is 1. The van der Waals surface area contributed by atoms with E-state index in [1.54, 1.807) is 0 Å². The summed E-state index contributed by atoms with van der Waals surface area (Å²) in [5.74, 6) is 1.18. The first kappa shape index (κ1) is 17.1. The van der Waals surface area contributed by atoms with E-state index >= 15 is 0 Å².